The molecule has 2 fully saturated rings. The van der Waals surface area contributed by atoms with Crippen LogP contribution in [0.3, 0.4) is 0 Å². The number of hydrogen-bond acceptors (Lipinski definition) is 3. The maximum absolute atomic E-state index is 12.1. The number of carbonyl (C=O) groups is 2. The molecule has 3 unspecified atom stereocenters. The maximum Gasteiger partial charge on any atom is 0.317 e. The van der Waals surface area contributed by atoms with E-state index < -0.39 is 5.97 Å². The monoisotopic (exact) mass is 284 g/mol. The van der Waals surface area contributed by atoms with E-state index in [-0.39, 0.29) is 36.6 Å². The summed E-state index contributed by atoms with van der Waals surface area (Å²) in [6, 6.07) is -0.0964. The van der Waals surface area contributed by atoms with Crippen molar-refractivity contribution < 1.29 is 19.4 Å². The highest BCUT2D eigenvalue weighted by Gasteiger charge is 2.58. The van der Waals surface area contributed by atoms with Gasteiger partial charge in [0.1, 0.15) is 0 Å². The van der Waals surface area contributed by atoms with Gasteiger partial charge in [0, 0.05) is 37.6 Å². The maximum atomic E-state index is 12.1. The third kappa shape index (κ3) is 2.75. The number of rotatable bonds is 4. The van der Waals surface area contributed by atoms with Crippen LogP contribution < -0.4 is 5.32 Å². The fourth-order valence-electron chi connectivity index (χ4n) is 3.42. The Bertz CT molecular complexity index is 397. The Morgan fingerprint density at radius 1 is 1.45 bits per heavy atom. The number of carbonyl (C=O) groups excluding carboxylic acids is 1. The first-order chi connectivity index (χ1) is 9.34. The van der Waals surface area contributed by atoms with Crippen molar-refractivity contribution in [3.8, 4) is 0 Å². The van der Waals surface area contributed by atoms with Crippen molar-refractivity contribution >= 4 is 12.0 Å². The predicted molar refractivity (Wildman–Crippen MR) is 73.4 cm³/mol. The number of nitrogens with zero attached hydrogens (tertiary/aromatic N) is 1. The largest absolute Gasteiger partial charge is 0.481 e. The van der Waals surface area contributed by atoms with Crippen LogP contribution in [-0.4, -0.2) is 54.4 Å². The SMILES string of the molecule is CN(CCC(=O)O)C(=O)NC1C2CCCOC2C1(C)C. The third-order valence-corrected chi connectivity index (χ3v) is 4.62. The van der Waals surface area contributed by atoms with Crippen LogP contribution in [-0.2, 0) is 9.53 Å². The van der Waals surface area contributed by atoms with Crippen LogP contribution in [0.1, 0.15) is 33.1 Å². The zero-order valence-electron chi connectivity index (χ0n) is 12.4. The molecular weight excluding hydrogens is 260 g/mol. The summed E-state index contributed by atoms with van der Waals surface area (Å²) < 4.78 is 5.80. The summed E-state index contributed by atoms with van der Waals surface area (Å²) in [5.41, 5.74) is -0.0611. The summed E-state index contributed by atoms with van der Waals surface area (Å²) in [6.45, 7) is 5.26. The number of fused-ring (bicyclic) bond motifs is 1. The van der Waals surface area contributed by atoms with Gasteiger partial charge in [0.05, 0.1) is 12.5 Å². The standard InChI is InChI=1S/C14H24N2O4/c1-14(2)11(9-5-4-8-20-12(9)14)15-13(19)16(3)7-6-10(17)18/h9,11-12H,4-8H2,1-3H3,(H,15,19)(H,17,18). The minimum absolute atomic E-state index is 0.0346. The summed E-state index contributed by atoms with van der Waals surface area (Å²) in [5.74, 6) is -0.509. The van der Waals surface area contributed by atoms with Gasteiger partial charge in [-0.15, -0.1) is 0 Å². The number of aliphatic carboxylic acids is 1. The minimum atomic E-state index is -0.894. The van der Waals surface area contributed by atoms with Crippen molar-refractivity contribution in [3.63, 3.8) is 0 Å². The van der Waals surface area contributed by atoms with Crippen LogP contribution in [0.2, 0.25) is 0 Å². The van der Waals surface area contributed by atoms with Gasteiger partial charge in [-0.05, 0) is 12.8 Å². The van der Waals surface area contributed by atoms with Crippen LogP contribution in [0.25, 0.3) is 0 Å². The molecule has 0 bridgehead atoms. The molecule has 0 spiro atoms. The molecule has 6 heteroatoms. The molecule has 1 heterocycles. The van der Waals surface area contributed by atoms with E-state index in [1.807, 2.05) is 0 Å². The molecule has 1 saturated carbocycles. The first-order valence-electron chi connectivity index (χ1n) is 7.19. The van der Waals surface area contributed by atoms with Crippen molar-refractivity contribution in [3.05, 3.63) is 0 Å². The van der Waals surface area contributed by atoms with Gasteiger partial charge in [-0.2, -0.15) is 0 Å². The topological polar surface area (TPSA) is 78.9 Å². The Hall–Kier alpha value is -1.30. The minimum Gasteiger partial charge on any atom is -0.481 e. The molecular formula is C14H24N2O4. The van der Waals surface area contributed by atoms with Crippen LogP contribution in [0.5, 0.6) is 0 Å². The van der Waals surface area contributed by atoms with E-state index in [9.17, 15) is 9.59 Å². The number of amides is 2. The number of urea groups is 1. The predicted octanol–water partition coefficient (Wildman–Crippen LogP) is 1.31. The number of nitrogens with one attached hydrogen (secondary N) is 1. The van der Waals surface area contributed by atoms with E-state index in [0.29, 0.717) is 5.92 Å². The Balaban J connectivity index is 1.89. The lowest BCUT2D eigenvalue weighted by Gasteiger charge is -2.59. The Labute approximate surface area is 119 Å². The molecule has 0 aromatic rings. The first-order valence-corrected chi connectivity index (χ1v) is 7.19. The van der Waals surface area contributed by atoms with E-state index in [4.69, 9.17) is 9.84 Å². The van der Waals surface area contributed by atoms with Crippen molar-refractivity contribution in [2.24, 2.45) is 11.3 Å². The zero-order valence-corrected chi connectivity index (χ0v) is 12.4. The molecule has 2 aliphatic rings. The Morgan fingerprint density at radius 3 is 2.80 bits per heavy atom. The van der Waals surface area contributed by atoms with Gasteiger partial charge >= 0.3 is 12.0 Å². The lowest BCUT2D eigenvalue weighted by atomic mass is 9.55. The van der Waals surface area contributed by atoms with E-state index in [0.717, 1.165) is 19.4 Å². The van der Waals surface area contributed by atoms with Crippen molar-refractivity contribution in [2.75, 3.05) is 20.2 Å². The average molecular weight is 284 g/mol. The van der Waals surface area contributed by atoms with Crippen molar-refractivity contribution in [1.29, 1.82) is 0 Å². The van der Waals surface area contributed by atoms with Gasteiger partial charge in [-0.3, -0.25) is 4.79 Å². The first kappa shape index (κ1) is 15.1. The van der Waals surface area contributed by atoms with Crippen LogP contribution in [0, 0.1) is 11.3 Å². The number of ether oxygens (including phenoxy) is 1. The normalized spacial score (nSPS) is 30.9. The second-order valence-corrected chi connectivity index (χ2v) is 6.41. The molecule has 1 aliphatic carbocycles. The highest BCUT2D eigenvalue weighted by atomic mass is 16.5. The lowest BCUT2D eigenvalue weighted by Crippen LogP contribution is -2.70. The fourth-order valence-corrected chi connectivity index (χ4v) is 3.42. The highest BCUT2D eigenvalue weighted by molar-refractivity contribution is 5.75. The van der Waals surface area contributed by atoms with E-state index in [2.05, 4.69) is 19.2 Å². The summed E-state index contributed by atoms with van der Waals surface area (Å²) in [6.07, 6.45) is 2.31. The van der Waals surface area contributed by atoms with E-state index in [1.165, 1.54) is 4.90 Å². The third-order valence-electron chi connectivity index (χ3n) is 4.62. The molecule has 1 saturated heterocycles. The van der Waals surface area contributed by atoms with Crippen LogP contribution in [0.15, 0.2) is 0 Å². The quantitative estimate of drug-likeness (QED) is 0.815. The molecule has 20 heavy (non-hydrogen) atoms. The molecule has 2 N–H and O–H groups in total. The molecule has 0 aromatic carbocycles. The van der Waals surface area contributed by atoms with Gasteiger partial charge in [0.15, 0.2) is 0 Å². The van der Waals surface area contributed by atoms with Crippen molar-refractivity contribution in [2.45, 2.75) is 45.3 Å². The zero-order chi connectivity index (χ0) is 14.9. The molecule has 6 nitrogen and oxygen atoms in total. The van der Waals surface area contributed by atoms with Gasteiger partial charge in [0.25, 0.3) is 0 Å². The number of carboxylic acids is 1. The summed E-state index contributed by atoms with van der Waals surface area (Å²) in [7, 11) is 1.62. The van der Waals surface area contributed by atoms with Crippen LogP contribution in [0.4, 0.5) is 4.79 Å². The van der Waals surface area contributed by atoms with E-state index in [1.54, 1.807) is 7.05 Å². The highest BCUT2D eigenvalue weighted by Crippen LogP contribution is 2.51. The summed E-state index contributed by atoms with van der Waals surface area (Å²) in [5, 5.41) is 11.7. The smallest absolute Gasteiger partial charge is 0.317 e. The number of hydrogen-bond donors (Lipinski definition) is 2. The number of carboxylic acid groups (broad SMARTS) is 1. The van der Waals surface area contributed by atoms with Gasteiger partial charge < -0.3 is 20.1 Å². The van der Waals surface area contributed by atoms with Gasteiger partial charge in [0.2, 0.25) is 0 Å². The van der Waals surface area contributed by atoms with Gasteiger partial charge in [-0.25, -0.2) is 4.79 Å². The lowest BCUT2D eigenvalue weighted by molar-refractivity contribution is -0.189. The van der Waals surface area contributed by atoms with E-state index >= 15 is 0 Å². The molecule has 0 radical (unpaired) electrons. The Kier molecular flexibility index (Phi) is 4.22. The Morgan fingerprint density at radius 2 is 2.15 bits per heavy atom. The molecule has 2 amide bonds. The second-order valence-electron chi connectivity index (χ2n) is 6.41. The summed E-state index contributed by atoms with van der Waals surface area (Å²) >= 11 is 0. The molecule has 1 aliphatic heterocycles. The molecule has 0 aromatic heterocycles. The summed E-state index contributed by atoms with van der Waals surface area (Å²) in [4.78, 5) is 24.1. The molecule has 114 valence electrons. The average Bonchev–Trinajstić information content (AvgIpc) is 2.41. The second kappa shape index (κ2) is 5.60. The van der Waals surface area contributed by atoms with Crippen molar-refractivity contribution in [1.82, 2.24) is 10.2 Å². The van der Waals surface area contributed by atoms with Crippen LogP contribution >= 0.6 is 0 Å². The fraction of sp³-hybridized carbons (Fsp3) is 0.857. The molecule has 2 rings (SSSR count). The van der Waals surface area contributed by atoms with Gasteiger partial charge in [-0.1, -0.05) is 13.8 Å². The molecule has 3 atom stereocenters.